The predicted octanol–water partition coefficient (Wildman–Crippen LogP) is 5.06. The van der Waals surface area contributed by atoms with Crippen molar-refractivity contribution in [2.75, 3.05) is 13.2 Å². The number of para-hydroxylation sites is 1. The first-order valence-corrected chi connectivity index (χ1v) is 15.1. The summed E-state index contributed by atoms with van der Waals surface area (Å²) < 4.78 is 5.92. The van der Waals surface area contributed by atoms with Gasteiger partial charge in [0, 0.05) is 46.8 Å². The third-order valence-electron chi connectivity index (χ3n) is 7.13. The summed E-state index contributed by atoms with van der Waals surface area (Å²) in [4.78, 5) is 39.7. The van der Waals surface area contributed by atoms with E-state index in [-0.39, 0.29) is 30.9 Å². The largest absolute Gasteiger partial charge is 0.490 e. The number of fused-ring (bicyclic) bond motifs is 1. The van der Waals surface area contributed by atoms with Crippen molar-refractivity contribution in [1.29, 1.82) is 0 Å². The Bertz CT molecular complexity index is 1680. The van der Waals surface area contributed by atoms with E-state index in [0.717, 1.165) is 22.9 Å². The van der Waals surface area contributed by atoms with Gasteiger partial charge in [-0.3, -0.25) is 14.4 Å². The third kappa shape index (κ3) is 9.71. The van der Waals surface area contributed by atoms with Crippen LogP contribution in [0.2, 0.25) is 0 Å². The molecule has 0 aliphatic heterocycles. The van der Waals surface area contributed by atoms with Gasteiger partial charge >= 0.3 is 5.97 Å². The van der Waals surface area contributed by atoms with Crippen LogP contribution in [-0.4, -0.2) is 58.3 Å². The maximum Gasteiger partial charge on any atom is 0.303 e. The smallest absolute Gasteiger partial charge is 0.303 e. The minimum absolute atomic E-state index is 0.136. The number of aliphatic hydroxyl groups excluding tert-OH is 1. The molecule has 9 nitrogen and oxygen atoms in total. The molecule has 234 valence electrons. The number of benzene rings is 3. The Balaban J connectivity index is 1.42. The molecule has 4 aromatic rings. The molecule has 0 saturated heterocycles. The lowest BCUT2D eigenvalue weighted by molar-refractivity contribution is -0.137. The summed E-state index contributed by atoms with van der Waals surface area (Å²) in [5.41, 5.74) is 4.13. The Labute approximate surface area is 263 Å². The Kier molecular flexibility index (Phi) is 11.8. The van der Waals surface area contributed by atoms with Crippen molar-refractivity contribution in [2.45, 2.75) is 58.1 Å². The van der Waals surface area contributed by atoms with E-state index in [4.69, 9.17) is 9.84 Å². The molecule has 0 aliphatic rings. The topological polar surface area (TPSA) is 141 Å². The van der Waals surface area contributed by atoms with Crippen LogP contribution in [0.25, 0.3) is 10.9 Å². The number of H-pyrrole nitrogens is 1. The second-order valence-corrected chi connectivity index (χ2v) is 11.1. The van der Waals surface area contributed by atoms with E-state index >= 15 is 0 Å². The molecule has 0 bridgehead atoms. The van der Waals surface area contributed by atoms with Crippen LogP contribution in [0.15, 0.2) is 72.9 Å². The molecule has 0 spiro atoms. The summed E-state index contributed by atoms with van der Waals surface area (Å²) in [6.45, 7) is 4.02. The van der Waals surface area contributed by atoms with Gasteiger partial charge < -0.3 is 30.6 Å². The molecule has 45 heavy (non-hydrogen) atoms. The highest BCUT2D eigenvalue weighted by Gasteiger charge is 2.20. The Hall–Kier alpha value is -5.07. The van der Waals surface area contributed by atoms with Crippen LogP contribution in [0.5, 0.6) is 5.75 Å². The van der Waals surface area contributed by atoms with E-state index < -0.39 is 12.0 Å². The first-order chi connectivity index (χ1) is 21.7. The van der Waals surface area contributed by atoms with Crippen molar-refractivity contribution in [3.05, 3.63) is 101 Å². The number of unbranched alkanes of at least 4 members (excludes halogenated alkanes) is 2. The van der Waals surface area contributed by atoms with E-state index in [2.05, 4.69) is 27.5 Å². The molecule has 2 amide bonds. The number of hydrogen-bond acceptors (Lipinski definition) is 5. The van der Waals surface area contributed by atoms with Crippen LogP contribution in [-0.2, 0) is 11.2 Å². The monoisotopic (exact) mass is 609 g/mol. The number of carbonyl (C=O) groups excluding carboxylic acids is 2. The average Bonchev–Trinajstić information content (AvgIpc) is 3.44. The molecule has 4 rings (SSSR count). The highest BCUT2D eigenvalue weighted by atomic mass is 16.5. The predicted molar refractivity (Wildman–Crippen MR) is 173 cm³/mol. The van der Waals surface area contributed by atoms with Crippen molar-refractivity contribution >= 4 is 28.7 Å². The minimum atomic E-state index is -0.810. The number of amides is 2. The van der Waals surface area contributed by atoms with Crippen LogP contribution in [0.4, 0.5) is 0 Å². The molecule has 5 N–H and O–H groups in total. The van der Waals surface area contributed by atoms with Crippen LogP contribution in [0.3, 0.4) is 0 Å². The van der Waals surface area contributed by atoms with Gasteiger partial charge in [-0.2, -0.15) is 0 Å². The van der Waals surface area contributed by atoms with Crippen LogP contribution >= 0.6 is 0 Å². The van der Waals surface area contributed by atoms with Crippen molar-refractivity contribution in [3.8, 4) is 17.6 Å². The first kappa shape index (κ1) is 32.8. The maximum atomic E-state index is 13.5. The third-order valence-corrected chi connectivity index (χ3v) is 7.13. The van der Waals surface area contributed by atoms with Crippen molar-refractivity contribution in [3.63, 3.8) is 0 Å². The molecule has 3 aromatic carbocycles. The molecule has 0 radical (unpaired) electrons. The fourth-order valence-electron chi connectivity index (χ4n) is 4.86. The minimum Gasteiger partial charge on any atom is -0.490 e. The lowest BCUT2D eigenvalue weighted by Gasteiger charge is -2.19. The second-order valence-electron chi connectivity index (χ2n) is 11.1. The number of aliphatic hydroxyl groups is 1. The maximum absolute atomic E-state index is 13.5. The molecular formula is C36H39N3O6. The van der Waals surface area contributed by atoms with Gasteiger partial charge in [0.15, 0.2) is 0 Å². The number of rotatable bonds is 14. The summed E-state index contributed by atoms with van der Waals surface area (Å²) in [6.07, 6.45) is 4.38. The summed E-state index contributed by atoms with van der Waals surface area (Å²) in [5, 5.41) is 25.6. The van der Waals surface area contributed by atoms with Gasteiger partial charge in [-0.1, -0.05) is 36.5 Å². The zero-order chi connectivity index (χ0) is 32.2. The Morgan fingerprint density at radius 3 is 2.38 bits per heavy atom. The number of aliphatic carboxylic acids is 1. The average molecular weight is 610 g/mol. The number of nitrogens with one attached hydrogen (secondary N) is 3. The normalized spacial score (nSPS) is 11.5. The highest BCUT2D eigenvalue weighted by Crippen LogP contribution is 2.23. The molecule has 0 saturated carbocycles. The molecule has 1 aromatic heterocycles. The van der Waals surface area contributed by atoms with E-state index in [1.165, 1.54) is 0 Å². The standard InChI is InChI=1S/C36H39N3O6/c1-24(2)45-33-18-15-26(12-11-25-13-16-27(17-14-25)35(43)37-19-7-3-4-10-34(41)42)20-31(33)36(44)39-29(23-40)21-28-22-38-32-9-6-5-8-30(28)32/h5-6,8-9,13-18,20,22,24,29,38,40H,3-4,7,10,19,21,23H2,1-2H3,(H,37,43)(H,39,44)(H,41,42)/t29-/m1/s1. The SMILES string of the molecule is CC(C)Oc1ccc(C#Cc2ccc(C(=O)NCCCCCC(=O)O)cc2)cc1C(=O)N[C@@H](CO)Cc1c[nH]c2ccccc12. The number of carbonyl (C=O) groups is 3. The number of ether oxygens (including phenoxy) is 1. The molecule has 0 unspecified atom stereocenters. The van der Waals surface area contributed by atoms with E-state index in [1.807, 2.05) is 44.3 Å². The molecule has 1 atom stereocenters. The van der Waals surface area contributed by atoms with E-state index in [0.29, 0.717) is 53.8 Å². The van der Waals surface area contributed by atoms with Gasteiger partial charge in [-0.05, 0) is 87.2 Å². The van der Waals surface area contributed by atoms with Crippen LogP contribution in [0.1, 0.15) is 76.9 Å². The number of hydrogen-bond donors (Lipinski definition) is 5. The fourth-order valence-corrected chi connectivity index (χ4v) is 4.86. The van der Waals surface area contributed by atoms with Crippen molar-refractivity contribution < 1.29 is 29.3 Å². The Morgan fingerprint density at radius 1 is 0.911 bits per heavy atom. The van der Waals surface area contributed by atoms with Gasteiger partial charge in [-0.15, -0.1) is 0 Å². The summed E-state index contributed by atoms with van der Waals surface area (Å²) in [6, 6.07) is 19.5. The zero-order valence-electron chi connectivity index (χ0n) is 25.6. The zero-order valence-corrected chi connectivity index (χ0v) is 25.6. The number of carboxylic acid groups (broad SMARTS) is 1. The number of aromatic nitrogens is 1. The van der Waals surface area contributed by atoms with E-state index in [9.17, 15) is 19.5 Å². The molecule has 9 heteroatoms. The van der Waals surface area contributed by atoms with Crippen molar-refractivity contribution in [2.24, 2.45) is 0 Å². The van der Waals surface area contributed by atoms with Crippen molar-refractivity contribution in [1.82, 2.24) is 15.6 Å². The fraction of sp³-hybridized carbons (Fsp3) is 0.306. The molecule has 0 aliphatic carbocycles. The van der Waals surface area contributed by atoms with Gasteiger partial charge in [0.05, 0.1) is 24.3 Å². The Morgan fingerprint density at radius 2 is 1.64 bits per heavy atom. The van der Waals surface area contributed by atoms with Crippen LogP contribution < -0.4 is 15.4 Å². The van der Waals surface area contributed by atoms with Gasteiger partial charge in [-0.25, -0.2) is 0 Å². The lowest BCUT2D eigenvalue weighted by Crippen LogP contribution is -2.39. The lowest BCUT2D eigenvalue weighted by atomic mass is 10.0. The molecule has 1 heterocycles. The van der Waals surface area contributed by atoms with Gasteiger partial charge in [0.1, 0.15) is 5.75 Å². The summed E-state index contributed by atoms with van der Waals surface area (Å²) in [7, 11) is 0. The van der Waals surface area contributed by atoms with Gasteiger partial charge in [0.25, 0.3) is 11.8 Å². The molecular weight excluding hydrogens is 570 g/mol. The van der Waals surface area contributed by atoms with Crippen LogP contribution in [0, 0.1) is 11.8 Å². The quantitative estimate of drug-likeness (QED) is 0.1000. The second kappa shape index (κ2) is 16.1. The van der Waals surface area contributed by atoms with Gasteiger partial charge in [0.2, 0.25) is 0 Å². The highest BCUT2D eigenvalue weighted by molar-refractivity contribution is 5.97. The van der Waals surface area contributed by atoms with E-state index in [1.54, 1.807) is 42.5 Å². The number of carboxylic acids is 1. The number of aromatic amines is 1. The summed E-state index contributed by atoms with van der Waals surface area (Å²) in [5.74, 6) is 5.22. The first-order valence-electron chi connectivity index (χ1n) is 15.1. The summed E-state index contributed by atoms with van der Waals surface area (Å²) >= 11 is 0. The molecule has 0 fully saturated rings.